The maximum Gasteiger partial charge on any atom is 0.335 e. The molecule has 0 radical (unpaired) electrons. The predicted octanol–water partition coefficient (Wildman–Crippen LogP) is 3.08. The number of aromatic nitrogens is 1. The van der Waals surface area contributed by atoms with E-state index in [1.807, 2.05) is 0 Å². The Morgan fingerprint density at radius 1 is 1.43 bits per heavy atom. The number of nitrogens with zero attached hydrogens (tertiary/aromatic N) is 1. The first-order chi connectivity index (χ1) is 11.0. The van der Waals surface area contributed by atoms with E-state index in [4.69, 9.17) is 9.84 Å². The number of anilines is 1. The van der Waals surface area contributed by atoms with Crippen LogP contribution in [0.1, 0.15) is 44.0 Å². The van der Waals surface area contributed by atoms with E-state index in [-0.39, 0.29) is 17.4 Å². The third-order valence-electron chi connectivity index (χ3n) is 3.41. The van der Waals surface area contributed by atoms with E-state index < -0.39 is 17.7 Å². The second kappa shape index (κ2) is 6.43. The third kappa shape index (κ3) is 3.38. The van der Waals surface area contributed by atoms with Crippen molar-refractivity contribution in [2.24, 2.45) is 0 Å². The summed E-state index contributed by atoms with van der Waals surface area (Å²) in [5.41, 5.74) is -0.284. The molecule has 1 aliphatic heterocycles. The number of carbonyl (C=O) groups is 2. The lowest BCUT2D eigenvalue weighted by Gasteiger charge is -2.06. The number of thiazole rings is 1. The summed E-state index contributed by atoms with van der Waals surface area (Å²) in [4.78, 5) is 27.6. The maximum atomic E-state index is 13.7. The van der Waals surface area contributed by atoms with E-state index in [2.05, 4.69) is 10.3 Å². The molecule has 6 nitrogen and oxygen atoms in total. The van der Waals surface area contributed by atoms with E-state index in [1.165, 1.54) is 17.5 Å². The minimum absolute atomic E-state index is 0.0892. The topological polar surface area (TPSA) is 88.5 Å². The van der Waals surface area contributed by atoms with Gasteiger partial charge in [-0.2, -0.15) is 0 Å². The zero-order valence-corrected chi connectivity index (χ0v) is 12.7. The maximum absolute atomic E-state index is 13.7. The van der Waals surface area contributed by atoms with Crippen molar-refractivity contribution in [3.8, 4) is 0 Å². The normalized spacial score (nSPS) is 17.2. The Balaban J connectivity index is 1.76. The number of carbonyl (C=O) groups excluding carboxylic acids is 1. The van der Waals surface area contributed by atoms with Crippen LogP contribution in [0.4, 0.5) is 10.1 Å². The van der Waals surface area contributed by atoms with Gasteiger partial charge in [-0.15, -0.1) is 11.3 Å². The fourth-order valence-electron chi connectivity index (χ4n) is 2.25. The van der Waals surface area contributed by atoms with Crippen LogP contribution in [0.2, 0.25) is 0 Å². The Labute approximate surface area is 134 Å². The molecule has 0 saturated carbocycles. The smallest absolute Gasteiger partial charge is 0.335 e. The molecule has 0 aliphatic carbocycles. The van der Waals surface area contributed by atoms with Gasteiger partial charge in [-0.3, -0.25) is 4.79 Å². The van der Waals surface area contributed by atoms with Gasteiger partial charge in [-0.25, -0.2) is 14.2 Å². The molecule has 1 fully saturated rings. The summed E-state index contributed by atoms with van der Waals surface area (Å²) < 4.78 is 19.2. The second-order valence-corrected chi connectivity index (χ2v) is 6.08. The molecule has 23 heavy (non-hydrogen) atoms. The zero-order chi connectivity index (χ0) is 16.4. The lowest BCUT2D eigenvalue weighted by Crippen LogP contribution is -2.12. The van der Waals surface area contributed by atoms with Crippen LogP contribution in [-0.2, 0) is 4.74 Å². The number of aromatic carboxylic acids is 1. The van der Waals surface area contributed by atoms with Crippen LogP contribution >= 0.6 is 11.3 Å². The van der Waals surface area contributed by atoms with Crippen molar-refractivity contribution < 1.29 is 23.8 Å². The third-order valence-corrected chi connectivity index (χ3v) is 4.50. The molecule has 1 atom stereocenters. The number of amides is 1. The molecular formula is C15H13FN2O4S. The van der Waals surface area contributed by atoms with Crippen LogP contribution < -0.4 is 5.32 Å². The Bertz CT molecular complexity index is 756. The van der Waals surface area contributed by atoms with Crippen molar-refractivity contribution in [1.29, 1.82) is 0 Å². The SMILES string of the molecule is O=C(O)c1ccc(F)c(NC(=O)c2cnc([C@@H]3CCCO3)s2)c1. The van der Waals surface area contributed by atoms with Crippen molar-refractivity contribution in [3.63, 3.8) is 0 Å². The van der Waals surface area contributed by atoms with Crippen LogP contribution in [0.3, 0.4) is 0 Å². The molecule has 1 amide bonds. The Morgan fingerprint density at radius 3 is 2.96 bits per heavy atom. The van der Waals surface area contributed by atoms with E-state index in [1.54, 1.807) is 0 Å². The van der Waals surface area contributed by atoms with Crippen LogP contribution in [0.25, 0.3) is 0 Å². The average Bonchev–Trinajstić information content (AvgIpc) is 3.20. The molecule has 2 N–H and O–H groups in total. The zero-order valence-electron chi connectivity index (χ0n) is 11.9. The standard InChI is InChI=1S/C15H13FN2O4S/c16-9-4-3-8(15(20)21)6-10(9)18-13(19)12-7-17-14(23-12)11-2-1-5-22-11/h3-4,6-7,11H,1-2,5H2,(H,18,19)(H,20,21)/t11-/m0/s1. The first kappa shape index (κ1) is 15.6. The lowest BCUT2D eigenvalue weighted by atomic mass is 10.2. The fraction of sp³-hybridized carbons (Fsp3) is 0.267. The van der Waals surface area contributed by atoms with Crippen molar-refractivity contribution >= 4 is 28.9 Å². The average molecular weight is 336 g/mol. The summed E-state index contributed by atoms with van der Waals surface area (Å²) in [5, 5.41) is 12.0. The summed E-state index contributed by atoms with van der Waals surface area (Å²) in [7, 11) is 0. The van der Waals surface area contributed by atoms with Crippen molar-refractivity contribution in [3.05, 3.63) is 45.7 Å². The van der Waals surface area contributed by atoms with Gasteiger partial charge in [0.15, 0.2) is 0 Å². The number of hydrogen-bond acceptors (Lipinski definition) is 5. The van der Waals surface area contributed by atoms with Gasteiger partial charge in [0, 0.05) is 6.61 Å². The summed E-state index contributed by atoms with van der Waals surface area (Å²) in [5.74, 6) is -2.43. The van der Waals surface area contributed by atoms with Gasteiger partial charge in [0.1, 0.15) is 21.8 Å². The molecule has 2 heterocycles. The van der Waals surface area contributed by atoms with Crippen LogP contribution in [0.5, 0.6) is 0 Å². The van der Waals surface area contributed by atoms with Gasteiger partial charge < -0.3 is 15.2 Å². The molecule has 8 heteroatoms. The van der Waals surface area contributed by atoms with Gasteiger partial charge in [0.05, 0.1) is 17.4 Å². The molecule has 2 aromatic rings. The summed E-state index contributed by atoms with van der Waals surface area (Å²) >= 11 is 1.19. The molecule has 1 aliphatic rings. The number of nitrogens with one attached hydrogen (secondary N) is 1. The van der Waals surface area contributed by atoms with Crippen molar-refractivity contribution in [2.45, 2.75) is 18.9 Å². The van der Waals surface area contributed by atoms with Gasteiger partial charge in [-0.1, -0.05) is 0 Å². The van der Waals surface area contributed by atoms with E-state index in [9.17, 15) is 14.0 Å². The largest absolute Gasteiger partial charge is 0.478 e. The van der Waals surface area contributed by atoms with Crippen molar-refractivity contribution in [1.82, 2.24) is 4.98 Å². The molecule has 3 rings (SSSR count). The minimum atomic E-state index is -1.20. The number of rotatable bonds is 4. The molecule has 0 spiro atoms. The summed E-state index contributed by atoms with van der Waals surface area (Å²) in [6.45, 7) is 0.680. The summed E-state index contributed by atoms with van der Waals surface area (Å²) in [6, 6.07) is 3.22. The number of benzene rings is 1. The number of carboxylic acids is 1. The van der Waals surface area contributed by atoms with E-state index in [0.29, 0.717) is 16.5 Å². The second-order valence-electron chi connectivity index (χ2n) is 5.02. The Morgan fingerprint density at radius 2 is 2.26 bits per heavy atom. The highest BCUT2D eigenvalue weighted by molar-refractivity contribution is 7.13. The fourth-order valence-corrected chi connectivity index (χ4v) is 3.15. The first-order valence-electron chi connectivity index (χ1n) is 6.96. The van der Waals surface area contributed by atoms with Gasteiger partial charge in [0.25, 0.3) is 5.91 Å². The lowest BCUT2D eigenvalue weighted by molar-refractivity contribution is 0.0696. The molecule has 1 aromatic carbocycles. The van der Waals surface area contributed by atoms with Crippen LogP contribution in [0, 0.1) is 5.82 Å². The highest BCUT2D eigenvalue weighted by Gasteiger charge is 2.22. The molecule has 1 aromatic heterocycles. The van der Waals surface area contributed by atoms with Gasteiger partial charge >= 0.3 is 5.97 Å². The molecule has 120 valence electrons. The number of hydrogen-bond donors (Lipinski definition) is 2. The molecular weight excluding hydrogens is 323 g/mol. The highest BCUT2D eigenvalue weighted by Crippen LogP contribution is 2.31. The van der Waals surface area contributed by atoms with E-state index >= 15 is 0 Å². The monoisotopic (exact) mass is 336 g/mol. The minimum Gasteiger partial charge on any atom is -0.478 e. The Hall–Kier alpha value is -2.32. The Kier molecular flexibility index (Phi) is 4.35. The number of ether oxygens (including phenoxy) is 1. The first-order valence-corrected chi connectivity index (χ1v) is 7.78. The molecule has 1 saturated heterocycles. The molecule has 0 bridgehead atoms. The number of halogens is 1. The predicted molar refractivity (Wildman–Crippen MR) is 81.4 cm³/mol. The van der Waals surface area contributed by atoms with Gasteiger partial charge in [-0.05, 0) is 31.0 Å². The van der Waals surface area contributed by atoms with E-state index in [0.717, 1.165) is 31.0 Å². The van der Waals surface area contributed by atoms with Crippen LogP contribution in [-0.4, -0.2) is 28.6 Å². The summed E-state index contributed by atoms with van der Waals surface area (Å²) in [6.07, 6.45) is 3.15. The van der Waals surface area contributed by atoms with Gasteiger partial charge in [0.2, 0.25) is 0 Å². The molecule has 0 unspecified atom stereocenters. The van der Waals surface area contributed by atoms with Crippen LogP contribution in [0.15, 0.2) is 24.4 Å². The number of carboxylic acid groups (broad SMARTS) is 1. The highest BCUT2D eigenvalue weighted by atomic mass is 32.1. The van der Waals surface area contributed by atoms with Crippen molar-refractivity contribution in [2.75, 3.05) is 11.9 Å². The quantitative estimate of drug-likeness (QED) is 0.896.